The highest BCUT2D eigenvalue weighted by Gasteiger charge is 2.43. The Kier molecular flexibility index (Phi) is 2.59. The molecule has 1 aliphatic heterocycles. The van der Waals surface area contributed by atoms with E-state index in [2.05, 4.69) is 4.74 Å². The minimum absolute atomic E-state index is 0.113. The molecular weight excluding hydrogens is 172 g/mol. The van der Waals surface area contributed by atoms with Crippen molar-refractivity contribution in [1.29, 1.82) is 0 Å². The molecule has 0 unspecified atom stereocenters. The Hall–Kier alpha value is -1.06. The molecule has 4 heteroatoms. The Bertz CT molecular complexity index is 236. The van der Waals surface area contributed by atoms with Crippen molar-refractivity contribution < 1.29 is 19.1 Å². The van der Waals surface area contributed by atoms with Gasteiger partial charge in [0, 0.05) is 0 Å². The van der Waals surface area contributed by atoms with Gasteiger partial charge in [-0.15, -0.1) is 0 Å². The molecule has 2 atom stereocenters. The molecular formula is C9H14O4. The molecule has 0 saturated carbocycles. The smallest absolute Gasteiger partial charge is 0.350 e. The molecule has 1 heterocycles. The monoisotopic (exact) mass is 186 g/mol. The van der Waals surface area contributed by atoms with E-state index in [0.29, 0.717) is 12.8 Å². The van der Waals surface area contributed by atoms with E-state index in [1.54, 1.807) is 13.8 Å². The summed E-state index contributed by atoms with van der Waals surface area (Å²) in [6.07, 6.45) is 1.21. The summed E-state index contributed by atoms with van der Waals surface area (Å²) in [6.45, 7) is 3.38. The van der Waals surface area contributed by atoms with Crippen LogP contribution in [0.3, 0.4) is 0 Å². The summed E-state index contributed by atoms with van der Waals surface area (Å²) >= 11 is 0. The molecule has 74 valence electrons. The minimum Gasteiger partial charge on any atom is -0.466 e. The van der Waals surface area contributed by atoms with Gasteiger partial charge in [0.25, 0.3) is 0 Å². The summed E-state index contributed by atoms with van der Waals surface area (Å²) in [5.74, 6) is -0.912. The predicted molar refractivity (Wildman–Crippen MR) is 44.9 cm³/mol. The number of esters is 2. The van der Waals surface area contributed by atoms with E-state index in [9.17, 15) is 9.59 Å². The first-order valence-electron chi connectivity index (χ1n) is 4.31. The maximum absolute atomic E-state index is 11.2. The average Bonchev–Trinajstić information content (AvgIpc) is 2.11. The second-order valence-electron chi connectivity index (χ2n) is 3.58. The molecule has 1 saturated heterocycles. The number of hydrogen-bond donors (Lipinski definition) is 0. The minimum atomic E-state index is -1.07. The molecule has 0 aliphatic carbocycles. The second kappa shape index (κ2) is 3.36. The Morgan fingerprint density at radius 3 is 2.77 bits per heavy atom. The van der Waals surface area contributed by atoms with Crippen LogP contribution in [-0.4, -0.2) is 24.6 Å². The summed E-state index contributed by atoms with van der Waals surface area (Å²) in [6, 6.07) is 0. The van der Waals surface area contributed by atoms with Crippen LogP contribution < -0.4 is 0 Å². The number of ether oxygens (including phenoxy) is 2. The maximum atomic E-state index is 11.2. The number of cyclic esters (lactones) is 1. The molecule has 0 aromatic rings. The predicted octanol–water partition coefficient (Wildman–Crippen LogP) is 0.891. The maximum Gasteiger partial charge on any atom is 0.350 e. The van der Waals surface area contributed by atoms with Gasteiger partial charge in [-0.1, -0.05) is 6.92 Å². The van der Waals surface area contributed by atoms with Crippen molar-refractivity contribution in [2.45, 2.75) is 32.3 Å². The number of carbonyl (C=O) groups is 2. The highest BCUT2D eigenvalue weighted by molar-refractivity contribution is 5.84. The molecule has 1 aliphatic rings. The van der Waals surface area contributed by atoms with E-state index in [1.165, 1.54) is 7.11 Å². The SMILES string of the molecule is COC(=O)[C@@]1(C)CC[C@@H](C)C(=O)O1. The van der Waals surface area contributed by atoms with Gasteiger partial charge in [0.05, 0.1) is 13.0 Å². The molecule has 4 nitrogen and oxygen atoms in total. The van der Waals surface area contributed by atoms with Gasteiger partial charge in [0.15, 0.2) is 0 Å². The zero-order chi connectivity index (χ0) is 10.1. The quantitative estimate of drug-likeness (QED) is 0.571. The summed E-state index contributed by atoms with van der Waals surface area (Å²) in [5.41, 5.74) is -1.07. The van der Waals surface area contributed by atoms with E-state index in [1.807, 2.05) is 0 Å². The van der Waals surface area contributed by atoms with Crippen molar-refractivity contribution in [2.75, 3.05) is 7.11 Å². The van der Waals surface area contributed by atoms with Crippen molar-refractivity contribution in [3.63, 3.8) is 0 Å². The largest absolute Gasteiger partial charge is 0.466 e. The number of hydrogen-bond acceptors (Lipinski definition) is 4. The molecule has 0 N–H and O–H groups in total. The highest BCUT2D eigenvalue weighted by atomic mass is 16.6. The van der Waals surface area contributed by atoms with E-state index >= 15 is 0 Å². The van der Waals surface area contributed by atoms with E-state index in [4.69, 9.17) is 4.74 Å². The van der Waals surface area contributed by atoms with Crippen molar-refractivity contribution in [3.8, 4) is 0 Å². The normalized spacial score (nSPS) is 33.8. The van der Waals surface area contributed by atoms with Gasteiger partial charge in [0.1, 0.15) is 0 Å². The van der Waals surface area contributed by atoms with Crippen molar-refractivity contribution in [2.24, 2.45) is 5.92 Å². The molecule has 0 bridgehead atoms. The molecule has 0 spiro atoms. The lowest BCUT2D eigenvalue weighted by Crippen LogP contribution is -2.46. The fourth-order valence-electron chi connectivity index (χ4n) is 1.34. The zero-order valence-electron chi connectivity index (χ0n) is 8.12. The van der Waals surface area contributed by atoms with Crippen molar-refractivity contribution in [1.82, 2.24) is 0 Å². The van der Waals surface area contributed by atoms with Crippen LogP contribution in [0.1, 0.15) is 26.7 Å². The van der Waals surface area contributed by atoms with Gasteiger partial charge in [-0.05, 0) is 19.8 Å². The number of rotatable bonds is 1. The van der Waals surface area contributed by atoms with Crippen LogP contribution in [-0.2, 0) is 19.1 Å². The summed E-state index contributed by atoms with van der Waals surface area (Å²) < 4.78 is 9.59. The molecule has 1 fully saturated rings. The third-order valence-electron chi connectivity index (χ3n) is 2.40. The number of carbonyl (C=O) groups excluding carboxylic acids is 2. The third-order valence-corrected chi connectivity index (χ3v) is 2.40. The van der Waals surface area contributed by atoms with E-state index < -0.39 is 11.6 Å². The second-order valence-corrected chi connectivity index (χ2v) is 3.58. The van der Waals surface area contributed by atoms with Crippen LogP contribution >= 0.6 is 0 Å². The first-order valence-corrected chi connectivity index (χ1v) is 4.31. The molecule has 0 amide bonds. The van der Waals surface area contributed by atoms with Gasteiger partial charge < -0.3 is 9.47 Å². The first-order chi connectivity index (χ1) is 5.99. The van der Waals surface area contributed by atoms with Crippen molar-refractivity contribution in [3.05, 3.63) is 0 Å². The lowest BCUT2D eigenvalue weighted by Gasteiger charge is -2.32. The lowest BCUT2D eigenvalue weighted by atomic mass is 9.91. The van der Waals surface area contributed by atoms with Crippen LogP contribution in [0.2, 0.25) is 0 Å². The van der Waals surface area contributed by atoms with Crippen LogP contribution in [0.25, 0.3) is 0 Å². The van der Waals surface area contributed by atoms with Crippen LogP contribution in [0.15, 0.2) is 0 Å². The molecule has 13 heavy (non-hydrogen) atoms. The van der Waals surface area contributed by atoms with Gasteiger partial charge in [-0.3, -0.25) is 4.79 Å². The molecule has 1 rings (SSSR count). The third kappa shape index (κ3) is 1.82. The van der Waals surface area contributed by atoms with Crippen LogP contribution in [0.5, 0.6) is 0 Å². The van der Waals surface area contributed by atoms with Gasteiger partial charge in [-0.25, -0.2) is 4.79 Å². The molecule has 0 radical (unpaired) electrons. The topological polar surface area (TPSA) is 52.6 Å². The van der Waals surface area contributed by atoms with E-state index in [-0.39, 0.29) is 11.9 Å². The van der Waals surface area contributed by atoms with Crippen LogP contribution in [0, 0.1) is 5.92 Å². The Morgan fingerprint density at radius 1 is 1.69 bits per heavy atom. The fraction of sp³-hybridized carbons (Fsp3) is 0.778. The summed E-state index contributed by atoms with van der Waals surface area (Å²) in [5, 5.41) is 0. The Balaban J connectivity index is 2.72. The molecule has 0 aromatic heterocycles. The zero-order valence-corrected chi connectivity index (χ0v) is 8.12. The number of methoxy groups -OCH3 is 1. The lowest BCUT2D eigenvalue weighted by molar-refractivity contribution is -0.188. The standard InChI is InChI=1S/C9H14O4/c1-6-4-5-9(2,8(11)12-3)13-7(6)10/h6H,4-5H2,1-3H3/t6-,9-/m1/s1. The fourth-order valence-corrected chi connectivity index (χ4v) is 1.34. The summed E-state index contributed by atoms with van der Waals surface area (Å²) in [7, 11) is 1.29. The highest BCUT2D eigenvalue weighted by Crippen LogP contribution is 2.29. The van der Waals surface area contributed by atoms with E-state index in [0.717, 1.165) is 0 Å². The van der Waals surface area contributed by atoms with Crippen LogP contribution in [0.4, 0.5) is 0 Å². The Labute approximate surface area is 77.2 Å². The summed E-state index contributed by atoms with van der Waals surface area (Å²) in [4.78, 5) is 22.4. The Morgan fingerprint density at radius 2 is 2.31 bits per heavy atom. The van der Waals surface area contributed by atoms with Gasteiger partial charge >= 0.3 is 11.9 Å². The van der Waals surface area contributed by atoms with Gasteiger partial charge in [0.2, 0.25) is 5.60 Å². The first kappa shape index (κ1) is 10.0. The van der Waals surface area contributed by atoms with Crippen molar-refractivity contribution >= 4 is 11.9 Å². The molecule has 0 aromatic carbocycles. The average molecular weight is 186 g/mol. The van der Waals surface area contributed by atoms with Gasteiger partial charge in [-0.2, -0.15) is 0 Å².